The van der Waals surface area contributed by atoms with Gasteiger partial charge in [-0.25, -0.2) is 14.4 Å². The molecular weight excluding hydrogens is 240 g/mol. The van der Waals surface area contributed by atoms with Crippen molar-refractivity contribution in [1.82, 2.24) is 0 Å². The van der Waals surface area contributed by atoms with Crippen LogP contribution in [0.25, 0.3) is 0 Å². The molecule has 4 N–H and O–H groups in total. The molecule has 0 spiro atoms. The number of hydrogen-bond donors (Lipinski definition) is 4. The highest BCUT2D eigenvalue weighted by molar-refractivity contribution is 5.95. The lowest BCUT2D eigenvalue weighted by molar-refractivity contribution is -0.158. The Morgan fingerprint density at radius 1 is 1.12 bits per heavy atom. The highest BCUT2D eigenvalue weighted by Crippen LogP contribution is 2.03. The largest absolute Gasteiger partial charge is 0.481 e. The van der Waals surface area contributed by atoms with E-state index in [0.29, 0.717) is 0 Å². The lowest BCUT2D eigenvalue weighted by atomic mass is 10.2. The zero-order valence-corrected chi connectivity index (χ0v) is 8.19. The maximum atomic E-state index is 10.9. The molecule has 0 aromatic rings. The molecule has 1 atom stereocenters. The lowest BCUT2D eigenvalue weighted by Gasteiger charge is -2.07. The van der Waals surface area contributed by atoms with Crippen molar-refractivity contribution in [1.29, 1.82) is 0 Å². The Labute approximate surface area is 93.5 Å². The van der Waals surface area contributed by atoms with Gasteiger partial charge in [0.15, 0.2) is 6.10 Å². The minimum Gasteiger partial charge on any atom is -0.481 e. The molecule has 0 radical (unpaired) electrons. The molecule has 94 valence electrons. The molecule has 0 aromatic heterocycles. The second kappa shape index (κ2) is 6.23. The molecule has 0 saturated carbocycles. The van der Waals surface area contributed by atoms with Crippen molar-refractivity contribution in [3.05, 3.63) is 11.8 Å². The summed E-state index contributed by atoms with van der Waals surface area (Å²) in [5.41, 5.74) is 0. The predicted octanol–water partition coefficient (Wildman–Crippen LogP) is -1.58. The third kappa shape index (κ3) is 5.89. The van der Waals surface area contributed by atoms with Crippen LogP contribution in [0.2, 0.25) is 0 Å². The first-order valence-electron chi connectivity index (χ1n) is 4.03. The fraction of sp³-hybridized carbons (Fsp3) is 0.250. The van der Waals surface area contributed by atoms with Crippen molar-refractivity contribution in [2.45, 2.75) is 12.5 Å². The number of ether oxygens (including phenoxy) is 1. The highest BCUT2D eigenvalue weighted by atomic mass is 16.6. The van der Waals surface area contributed by atoms with E-state index < -0.39 is 42.2 Å². The standard InChI is InChI=1S/C8H8O9/c9-3(1-5(10)11)8(16)17-4(7(14)15)2-6(12)13/h2-3,9H,1H2,(H,10,11)(H,12,13)(H,14,15). The first-order chi connectivity index (χ1) is 7.73. The molecule has 0 aromatic carbocycles. The number of carboxylic acid groups (broad SMARTS) is 3. The van der Waals surface area contributed by atoms with E-state index in [0.717, 1.165) is 0 Å². The van der Waals surface area contributed by atoms with E-state index in [9.17, 15) is 19.2 Å². The van der Waals surface area contributed by atoms with E-state index in [-0.39, 0.29) is 6.08 Å². The van der Waals surface area contributed by atoms with E-state index in [1.54, 1.807) is 0 Å². The van der Waals surface area contributed by atoms with Crippen LogP contribution in [0, 0.1) is 0 Å². The summed E-state index contributed by atoms with van der Waals surface area (Å²) < 4.78 is 4.01. The molecule has 0 amide bonds. The third-order valence-corrected chi connectivity index (χ3v) is 1.32. The second-order valence-electron chi connectivity index (χ2n) is 2.69. The average Bonchev–Trinajstić information content (AvgIpc) is 2.14. The van der Waals surface area contributed by atoms with Gasteiger partial charge in [-0.2, -0.15) is 0 Å². The van der Waals surface area contributed by atoms with Crippen LogP contribution in [0.4, 0.5) is 0 Å². The number of carbonyl (C=O) groups is 4. The summed E-state index contributed by atoms with van der Waals surface area (Å²) in [6.07, 6.45) is -2.98. The van der Waals surface area contributed by atoms with Gasteiger partial charge in [-0.05, 0) is 0 Å². The zero-order valence-electron chi connectivity index (χ0n) is 8.19. The maximum absolute atomic E-state index is 10.9. The molecule has 0 aliphatic carbocycles. The summed E-state index contributed by atoms with van der Waals surface area (Å²) in [4.78, 5) is 41.6. The van der Waals surface area contributed by atoms with Gasteiger partial charge >= 0.3 is 23.9 Å². The summed E-state index contributed by atoms with van der Waals surface area (Å²) in [6, 6.07) is 0. The minimum absolute atomic E-state index is 0.0910. The molecule has 0 aliphatic rings. The van der Waals surface area contributed by atoms with Gasteiger partial charge in [0.05, 0.1) is 12.5 Å². The summed E-state index contributed by atoms with van der Waals surface area (Å²) in [5.74, 6) is -7.83. The Morgan fingerprint density at radius 3 is 2.00 bits per heavy atom. The van der Waals surface area contributed by atoms with Crippen molar-refractivity contribution in [2.24, 2.45) is 0 Å². The fourth-order valence-corrected chi connectivity index (χ4v) is 0.672. The van der Waals surface area contributed by atoms with E-state index in [2.05, 4.69) is 4.74 Å². The second-order valence-corrected chi connectivity index (χ2v) is 2.69. The van der Waals surface area contributed by atoms with E-state index in [1.807, 2.05) is 0 Å². The Balaban J connectivity index is 4.68. The van der Waals surface area contributed by atoms with E-state index in [4.69, 9.17) is 20.4 Å². The SMILES string of the molecule is O=C(O)C=C(OC(=O)C(O)CC(=O)O)C(=O)O. The predicted molar refractivity (Wildman–Crippen MR) is 47.7 cm³/mol. The van der Waals surface area contributed by atoms with Crippen molar-refractivity contribution >= 4 is 23.9 Å². The highest BCUT2D eigenvalue weighted by Gasteiger charge is 2.24. The molecule has 9 heteroatoms. The van der Waals surface area contributed by atoms with Crippen LogP contribution in [-0.4, -0.2) is 50.4 Å². The van der Waals surface area contributed by atoms with Crippen molar-refractivity contribution in [2.75, 3.05) is 0 Å². The van der Waals surface area contributed by atoms with Gasteiger partial charge in [-0.15, -0.1) is 0 Å². The van der Waals surface area contributed by atoms with Crippen molar-refractivity contribution < 1.29 is 44.3 Å². The van der Waals surface area contributed by atoms with Gasteiger partial charge in [0.1, 0.15) is 0 Å². The van der Waals surface area contributed by atoms with Crippen LogP contribution >= 0.6 is 0 Å². The number of carbonyl (C=O) groups excluding carboxylic acids is 1. The van der Waals surface area contributed by atoms with Crippen LogP contribution in [0.1, 0.15) is 6.42 Å². The Bertz CT molecular complexity index is 380. The smallest absolute Gasteiger partial charge is 0.372 e. The van der Waals surface area contributed by atoms with E-state index >= 15 is 0 Å². The molecule has 0 heterocycles. The van der Waals surface area contributed by atoms with Gasteiger partial charge in [0.25, 0.3) is 0 Å². The van der Waals surface area contributed by atoms with Gasteiger partial charge in [-0.1, -0.05) is 0 Å². The van der Waals surface area contributed by atoms with Crippen molar-refractivity contribution in [3.63, 3.8) is 0 Å². The monoisotopic (exact) mass is 248 g/mol. The lowest BCUT2D eigenvalue weighted by Crippen LogP contribution is -2.27. The van der Waals surface area contributed by atoms with Crippen LogP contribution < -0.4 is 0 Å². The topological polar surface area (TPSA) is 158 Å². The minimum atomic E-state index is -2.08. The Kier molecular flexibility index (Phi) is 5.34. The number of carboxylic acids is 3. The van der Waals surface area contributed by atoms with Crippen LogP contribution in [0.5, 0.6) is 0 Å². The molecule has 9 nitrogen and oxygen atoms in total. The molecule has 0 fully saturated rings. The summed E-state index contributed by atoms with van der Waals surface area (Å²) in [6.45, 7) is 0. The molecular formula is C8H8O9. The first-order valence-corrected chi connectivity index (χ1v) is 4.03. The van der Waals surface area contributed by atoms with Crippen LogP contribution in [0.3, 0.4) is 0 Å². The number of rotatable bonds is 6. The van der Waals surface area contributed by atoms with Crippen molar-refractivity contribution in [3.8, 4) is 0 Å². The number of hydrogen-bond acceptors (Lipinski definition) is 6. The normalized spacial score (nSPS) is 12.6. The van der Waals surface area contributed by atoms with Gasteiger partial charge in [0.2, 0.25) is 5.76 Å². The average molecular weight is 248 g/mol. The van der Waals surface area contributed by atoms with Gasteiger partial charge in [-0.3, -0.25) is 4.79 Å². The summed E-state index contributed by atoms with van der Waals surface area (Å²) in [5, 5.41) is 33.8. The number of aliphatic carboxylic acids is 3. The molecule has 0 rings (SSSR count). The molecule has 0 bridgehead atoms. The first kappa shape index (κ1) is 14.6. The number of aliphatic hydroxyl groups excluding tert-OH is 1. The molecule has 1 unspecified atom stereocenters. The third-order valence-electron chi connectivity index (χ3n) is 1.32. The van der Waals surface area contributed by atoms with Gasteiger partial charge < -0.3 is 25.2 Å². The zero-order chi connectivity index (χ0) is 13.6. The quantitative estimate of drug-likeness (QED) is 0.247. The number of esters is 1. The Hall–Kier alpha value is -2.42. The fourth-order valence-electron chi connectivity index (χ4n) is 0.672. The Morgan fingerprint density at radius 2 is 1.65 bits per heavy atom. The van der Waals surface area contributed by atoms with E-state index in [1.165, 1.54) is 0 Å². The van der Waals surface area contributed by atoms with Crippen LogP contribution in [-0.2, 0) is 23.9 Å². The molecule has 0 saturated heterocycles. The molecule has 17 heavy (non-hydrogen) atoms. The maximum Gasteiger partial charge on any atom is 0.372 e. The van der Waals surface area contributed by atoms with Crippen LogP contribution in [0.15, 0.2) is 11.8 Å². The summed E-state index contributed by atoms with van der Waals surface area (Å²) in [7, 11) is 0. The summed E-state index contributed by atoms with van der Waals surface area (Å²) >= 11 is 0. The number of aliphatic hydroxyl groups is 1. The molecule has 0 aliphatic heterocycles. The van der Waals surface area contributed by atoms with Gasteiger partial charge in [0, 0.05) is 0 Å².